The molecule has 150 valence electrons. The van der Waals surface area contributed by atoms with Crippen molar-refractivity contribution >= 4 is 15.9 Å². The molecule has 3 rings (SSSR count). The monoisotopic (exact) mass is 404 g/mol. The van der Waals surface area contributed by atoms with Gasteiger partial charge in [0.25, 0.3) is 0 Å². The zero-order valence-electron chi connectivity index (χ0n) is 15.7. The first-order valence-electron chi connectivity index (χ1n) is 9.55. The van der Waals surface area contributed by atoms with Crippen LogP contribution in [0.4, 0.5) is 4.39 Å². The molecule has 0 atom stereocenters. The van der Waals surface area contributed by atoms with Crippen molar-refractivity contribution in [2.45, 2.75) is 49.6 Å². The summed E-state index contributed by atoms with van der Waals surface area (Å²) >= 11 is 0. The molecule has 1 fully saturated rings. The lowest BCUT2D eigenvalue weighted by Crippen LogP contribution is -2.46. The number of nitrogens with zero attached hydrogens (tertiary/aromatic N) is 1. The molecule has 2 aromatic carbocycles. The molecular formula is C21H25FN2O3S. The number of nitrogens with one attached hydrogen (secondary N) is 1. The first kappa shape index (κ1) is 20.5. The van der Waals surface area contributed by atoms with Crippen molar-refractivity contribution in [3.8, 4) is 0 Å². The highest BCUT2D eigenvalue weighted by Gasteiger charge is 2.33. The fourth-order valence-electron chi connectivity index (χ4n) is 3.51. The van der Waals surface area contributed by atoms with Crippen molar-refractivity contribution in [3.63, 3.8) is 0 Å². The number of benzene rings is 2. The van der Waals surface area contributed by atoms with E-state index >= 15 is 0 Å². The van der Waals surface area contributed by atoms with Crippen LogP contribution < -0.4 is 5.32 Å². The third kappa shape index (κ3) is 5.17. The van der Waals surface area contributed by atoms with Crippen LogP contribution in [0.3, 0.4) is 0 Å². The Bertz CT molecular complexity index is 880. The fourth-order valence-corrected chi connectivity index (χ4v) is 5.17. The van der Waals surface area contributed by atoms with Crippen molar-refractivity contribution in [2.75, 3.05) is 6.54 Å². The zero-order chi connectivity index (χ0) is 20.0. The highest BCUT2D eigenvalue weighted by Crippen LogP contribution is 2.27. The Hall–Kier alpha value is -2.25. The molecule has 1 amide bonds. The molecule has 0 radical (unpaired) electrons. The van der Waals surface area contributed by atoms with E-state index in [1.165, 1.54) is 16.4 Å². The van der Waals surface area contributed by atoms with E-state index in [2.05, 4.69) is 5.32 Å². The maximum absolute atomic E-state index is 13.2. The van der Waals surface area contributed by atoms with Gasteiger partial charge in [-0.2, -0.15) is 4.31 Å². The molecule has 1 saturated carbocycles. The Labute approximate surface area is 165 Å². The third-order valence-corrected chi connectivity index (χ3v) is 6.95. The topological polar surface area (TPSA) is 66.5 Å². The second kappa shape index (κ2) is 9.30. The molecule has 0 aliphatic heterocycles. The second-order valence-corrected chi connectivity index (χ2v) is 8.95. The summed E-state index contributed by atoms with van der Waals surface area (Å²) < 4.78 is 40.7. The van der Waals surface area contributed by atoms with Gasteiger partial charge in [0, 0.05) is 12.6 Å². The predicted octanol–water partition coefficient (Wildman–Crippen LogP) is 3.47. The summed E-state index contributed by atoms with van der Waals surface area (Å²) in [6.45, 7) is 0.00605. The van der Waals surface area contributed by atoms with Gasteiger partial charge >= 0.3 is 0 Å². The fraction of sp³-hybridized carbons (Fsp3) is 0.381. The van der Waals surface area contributed by atoms with E-state index in [0.29, 0.717) is 0 Å². The number of carbonyl (C=O) groups is 1. The second-order valence-electron chi connectivity index (χ2n) is 7.06. The average molecular weight is 405 g/mol. The molecule has 0 aromatic heterocycles. The van der Waals surface area contributed by atoms with E-state index in [1.54, 1.807) is 42.5 Å². The Morgan fingerprint density at radius 3 is 2.29 bits per heavy atom. The lowest BCUT2D eigenvalue weighted by Gasteiger charge is -2.33. The Morgan fingerprint density at radius 1 is 1.00 bits per heavy atom. The summed E-state index contributed by atoms with van der Waals surface area (Å²) in [6.07, 6.45) is 4.53. The molecule has 0 spiro atoms. The van der Waals surface area contributed by atoms with Crippen LogP contribution in [-0.2, 0) is 21.4 Å². The maximum atomic E-state index is 13.2. The number of amides is 1. The molecule has 0 bridgehead atoms. The highest BCUT2D eigenvalue weighted by atomic mass is 32.2. The van der Waals surface area contributed by atoms with E-state index in [0.717, 1.165) is 37.7 Å². The molecule has 0 unspecified atom stereocenters. The van der Waals surface area contributed by atoms with Crippen molar-refractivity contribution in [3.05, 3.63) is 66.0 Å². The van der Waals surface area contributed by atoms with E-state index in [1.807, 2.05) is 0 Å². The van der Waals surface area contributed by atoms with Crippen LogP contribution in [0, 0.1) is 5.82 Å². The Balaban J connectivity index is 1.73. The molecule has 0 saturated heterocycles. The standard InChI is InChI=1S/C21H25FN2O3S/c22-18-13-11-17(12-14-18)15-23-21(25)16-24(19-7-3-1-4-8-19)28(26,27)20-9-5-2-6-10-20/h2,5-6,9-14,19H,1,3-4,7-8,15-16H2,(H,23,25). The van der Waals surface area contributed by atoms with Crippen LogP contribution >= 0.6 is 0 Å². The molecule has 1 aliphatic rings. The summed E-state index contributed by atoms with van der Waals surface area (Å²) in [5.74, 6) is -0.707. The van der Waals surface area contributed by atoms with Gasteiger partial charge < -0.3 is 5.32 Å². The first-order valence-corrected chi connectivity index (χ1v) is 11.0. The van der Waals surface area contributed by atoms with Crippen LogP contribution in [0.15, 0.2) is 59.5 Å². The van der Waals surface area contributed by atoms with Gasteiger partial charge in [0.15, 0.2) is 0 Å². The van der Waals surface area contributed by atoms with E-state index < -0.39 is 10.0 Å². The van der Waals surface area contributed by atoms with Crippen LogP contribution in [0.1, 0.15) is 37.7 Å². The van der Waals surface area contributed by atoms with Crippen LogP contribution in [0.2, 0.25) is 0 Å². The smallest absolute Gasteiger partial charge is 0.243 e. The SMILES string of the molecule is O=C(CN(C1CCCCC1)S(=O)(=O)c1ccccc1)NCc1ccc(F)cc1. The lowest BCUT2D eigenvalue weighted by atomic mass is 9.95. The summed E-state index contributed by atoms with van der Waals surface area (Å²) in [5, 5.41) is 2.74. The molecular weight excluding hydrogens is 379 g/mol. The van der Waals surface area contributed by atoms with E-state index in [-0.39, 0.29) is 35.8 Å². The van der Waals surface area contributed by atoms with Gasteiger partial charge in [0.1, 0.15) is 5.82 Å². The van der Waals surface area contributed by atoms with Crippen molar-refractivity contribution in [1.82, 2.24) is 9.62 Å². The van der Waals surface area contributed by atoms with Crippen molar-refractivity contribution in [2.24, 2.45) is 0 Å². The van der Waals surface area contributed by atoms with E-state index in [9.17, 15) is 17.6 Å². The van der Waals surface area contributed by atoms with Gasteiger partial charge in [0.05, 0.1) is 11.4 Å². The molecule has 7 heteroatoms. The van der Waals surface area contributed by atoms with Gasteiger partial charge in [-0.15, -0.1) is 0 Å². The van der Waals surface area contributed by atoms with Crippen LogP contribution in [0.5, 0.6) is 0 Å². The highest BCUT2D eigenvalue weighted by molar-refractivity contribution is 7.89. The normalized spacial score (nSPS) is 15.5. The molecule has 28 heavy (non-hydrogen) atoms. The largest absolute Gasteiger partial charge is 0.351 e. The third-order valence-electron chi connectivity index (χ3n) is 5.03. The first-order chi connectivity index (χ1) is 13.5. The maximum Gasteiger partial charge on any atom is 0.243 e. The predicted molar refractivity (Wildman–Crippen MR) is 105 cm³/mol. The summed E-state index contributed by atoms with van der Waals surface area (Å²) in [7, 11) is -3.76. The van der Waals surface area contributed by atoms with Gasteiger partial charge in [-0.3, -0.25) is 4.79 Å². The number of hydrogen-bond donors (Lipinski definition) is 1. The molecule has 2 aromatic rings. The minimum Gasteiger partial charge on any atom is -0.351 e. The van der Waals surface area contributed by atoms with Crippen LogP contribution in [0.25, 0.3) is 0 Å². The minimum absolute atomic E-state index is 0.171. The lowest BCUT2D eigenvalue weighted by molar-refractivity contribution is -0.121. The van der Waals surface area contributed by atoms with Crippen molar-refractivity contribution < 1.29 is 17.6 Å². The zero-order valence-corrected chi connectivity index (χ0v) is 16.5. The average Bonchev–Trinajstić information content (AvgIpc) is 2.73. The Morgan fingerprint density at radius 2 is 1.64 bits per heavy atom. The summed E-state index contributed by atoms with van der Waals surface area (Å²) in [6, 6.07) is 13.9. The quantitative estimate of drug-likeness (QED) is 0.768. The molecule has 0 heterocycles. The van der Waals surface area contributed by atoms with E-state index in [4.69, 9.17) is 0 Å². The van der Waals surface area contributed by atoms with Gasteiger partial charge in [-0.05, 0) is 42.7 Å². The molecule has 1 aliphatic carbocycles. The number of hydrogen-bond acceptors (Lipinski definition) is 3. The van der Waals surface area contributed by atoms with Gasteiger partial charge in [-0.1, -0.05) is 49.6 Å². The minimum atomic E-state index is -3.76. The number of rotatable bonds is 7. The summed E-state index contributed by atoms with van der Waals surface area (Å²) in [5.41, 5.74) is 0.755. The number of carbonyl (C=O) groups excluding carboxylic acids is 1. The van der Waals surface area contributed by atoms with Crippen LogP contribution in [-0.4, -0.2) is 31.2 Å². The summed E-state index contributed by atoms with van der Waals surface area (Å²) in [4.78, 5) is 12.7. The molecule has 5 nitrogen and oxygen atoms in total. The molecule has 1 N–H and O–H groups in total. The van der Waals surface area contributed by atoms with Crippen molar-refractivity contribution in [1.29, 1.82) is 0 Å². The number of sulfonamides is 1. The van der Waals surface area contributed by atoms with Gasteiger partial charge in [-0.25, -0.2) is 12.8 Å². The Kier molecular flexibility index (Phi) is 6.80. The van der Waals surface area contributed by atoms with Gasteiger partial charge in [0.2, 0.25) is 15.9 Å². The number of halogens is 1.